The number of carbonyl (C=O) groups excluding carboxylic acids is 1. The average molecular weight is 435 g/mol. The molecule has 1 amide bonds. The van der Waals surface area contributed by atoms with Gasteiger partial charge in [-0.25, -0.2) is 8.42 Å². The molecule has 1 fully saturated rings. The van der Waals surface area contributed by atoms with Crippen LogP contribution in [0.15, 0.2) is 58.3 Å². The van der Waals surface area contributed by atoms with Gasteiger partial charge >= 0.3 is 0 Å². The van der Waals surface area contributed by atoms with Crippen LogP contribution >= 0.6 is 11.8 Å². The van der Waals surface area contributed by atoms with Crippen molar-refractivity contribution in [2.75, 3.05) is 25.2 Å². The highest BCUT2D eigenvalue weighted by Crippen LogP contribution is 2.28. The Hall–Kier alpha value is -2.03. The molecule has 3 rings (SSSR count). The minimum absolute atomic E-state index is 0.138. The van der Waals surface area contributed by atoms with Gasteiger partial charge in [0.05, 0.1) is 12.0 Å². The van der Waals surface area contributed by atoms with E-state index < -0.39 is 10.0 Å². The fraction of sp³-hybridized carbons (Fsp3) is 0.381. The van der Waals surface area contributed by atoms with Crippen LogP contribution in [0.4, 0.5) is 5.69 Å². The lowest BCUT2D eigenvalue weighted by molar-refractivity contribution is -0.117. The number of rotatable bonds is 7. The summed E-state index contributed by atoms with van der Waals surface area (Å²) in [7, 11) is -2.13. The molecular formula is C21H26N2O4S2. The number of ether oxygens (including phenoxy) is 1. The zero-order valence-electron chi connectivity index (χ0n) is 16.6. The Kier molecular flexibility index (Phi) is 7.21. The van der Waals surface area contributed by atoms with Crippen LogP contribution in [0, 0.1) is 0 Å². The van der Waals surface area contributed by atoms with Crippen molar-refractivity contribution in [2.24, 2.45) is 0 Å². The Balaban J connectivity index is 1.73. The van der Waals surface area contributed by atoms with Crippen LogP contribution in [-0.4, -0.2) is 44.6 Å². The first-order chi connectivity index (χ1) is 13.9. The standard InChI is InChI=1S/C21H26N2O4S2/c1-27-18-9-11-20(12-10-18)29(25,26)23-13-4-3-7-17(23)15-21(24)22-16-6-5-8-19(14-16)28-2/h5-6,8-12,14,17H,3-4,7,13,15H2,1-2H3,(H,22,24)/t17-/m1/s1. The second-order valence-electron chi connectivity index (χ2n) is 6.93. The molecule has 1 aliphatic rings. The number of sulfonamides is 1. The van der Waals surface area contributed by atoms with Crippen molar-refractivity contribution in [2.45, 2.75) is 41.5 Å². The normalized spacial score (nSPS) is 17.7. The van der Waals surface area contributed by atoms with Crippen LogP contribution in [0.25, 0.3) is 0 Å². The quantitative estimate of drug-likeness (QED) is 0.667. The molecule has 0 aromatic heterocycles. The highest BCUT2D eigenvalue weighted by molar-refractivity contribution is 7.98. The van der Waals surface area contributed by atoms with Crippen LogP contribution in [0.2, 0.25) is 0 Å². The largest absolute Gasteiger partial charge is 0.497 e. The van der Waals surface area contributed by atoms with E-state index in [1.807, 2.05) is 30.5 Å². The molecule has 8 heteroatoms. The number of piperidine rings is 1. The van der Waals surface area contributed by atoms with Crippen molar-refractivity contribution in [1.29, 1.82) is 0 Å². The summed E-state index contributed by atoms with van der Waals surface area (Å²) in [6.45, 7) is 0.425. The van der Waals surface area contributed by atoms with E-state index in [1.54, 1.807) is 36.0 Å². The van der Waals surface area contributed by atoms with Crippen molar-refractivity contribution in [3.63, 3.8) is 0 Å². The van der Waals surface area contributed by atoms with E-state index in [0.29, 0.717) is 18.7 Å². The van der Waals surface area contributed by atoms with Gasteiger partial charge in [0.25, 0.3) is 0 Å². The van der Waals surface area contributed by atoms with Gasteiger partial charge in [0, 0.05) is 29.6 Å². The fourth-order valence-corrected chi connectivity index (χ4v) is 5.66. The summed E-state index contributed by atoms with van der Waals surface area (Å²) >= 11 is 1.60. The third kappa shape index (κ3) is 5.32. The molecule has 0 spiro atoms. The molecule has 2 aromatic carbocycles. The van der Waals surface area contributed by atoms with Gasteiger partial charge in [-0.15, -0.1) is 11.8 Å². The molecule has 1 N–H and O–H groups in total. The molecule has 0 radical (unpaired) electrons. The van der Waals surface area contributed by atoms with E-state index in [-0.39, 0.29) is 23.3 Å². The van der Waals surface area contributed by atoms with Gasteiger partial charge < -0.3 is 10.1 Å². The Bertz CT molecular complexity index is 945. The van der Waals surface area contributed by atoms with E-state index >= 15 is 0 Å². The number of hydrogen-bond acceptors (Lipinski definition) is 5. The van der Waals surface area contributed by atoms with E-state index in [1.165, 1.54) is 11.4 Å². The van der Waals surface area contributed by atoms with Gasteiger partial charge in [0.2, 0.25) is 15.9 Å². The van der Waals surface area contributed by atoms with Crippen LogP contribution in [0.3, 0.4) is 0 Å². The number of methoxy groups -OCH3 is 1. The molecule has 0 unspecified atom stereocenters. The third-order valence-electron chi connectivity index (χ3n) is 5.01. The summed E-state index contributed by atoms with van der Waals surface area (Å²) in [4.78, 5) is 13.9. The number of nitrogens with one attached hydrogen (secondary N) is 1. The van der Waals surface area contributed by atoms with Crippen molar-refractivity contribution >= 4 is 33.4 Å². The molecule has 29 heavy (non-hydrogen) atoms. The second kappa shape index (κ2) is 9.65. The summed E-state index contributed by atoms with van der Waals surface area (Å²) < 4.78 is 32.9. The van der Waals surface area contributed by atoms with Crippen molar-refractivity contribution in [1.82, 2.24) is 4.31 Å². The van der Waals surface area contributed by atoms with Crippen molar-refractivity contribution in [3.05, 3.63) is 48.5 Å². The van der Waals surface area contributed by atoms with Gasteiger partial charge in [-0.3, -0.25) is 4.79 Å². The highest BCUT2D eigenvalue weighted by Gasteiger charge is 2.34. The smallest absolute Gasteiger partial charge is 0.243 e. The Morgan fingerprint density at radius 1 is 1.21 bits per heavy atom. The van der Waals surface area contributed by atoms with Crippen LogP contribution in [-0.2, 0) is 14.8 Å². The van der Waals surface area contributed by atoms with Gasteiger partial charge in [-0.1, -0.05) is 12.5 Å². The molecule has 2 aromatic rings. The summed E-state index contributed by atoms with van der Waals surface area (Å²) in [6.07, 6.45) is 4.50. The van der Waals surface area contributed by atoms with E-state index in [4.69, 9.17) is 4.74 Å². The summed E-state index contributed by atoms with van der Waals surface area (Å²) in [6, 6.07) is 13.6. The lowest BCUT2D eigenvalue weighted by Crippen LogP contribution is -2.45. The first kappa shape index (κ1) is 21.7. The summed E-state index contributed by atoms with van der Waals surface area (Å²) in [5.74, 6) is 0.427. The number of hydrogen-bond donors (Lipinski definition) is 1. The number of nitrogens with zero attached hydrogens (tertiary/aromatic N) is 1. The summed E-state index contributed by atoms with van der Waals surface area (Å²) in [5.41, 5.74) is 0.724. The molecule has 1 saturated heterocycles. The molecule has 156 valence electrons. The van der Waals surface area contributed by atoms with Crippen LogP contribution < -0.4 is 10.1 Å². The number of thioether (sulfide) groups is 1. The van der Waals surface area contributed by atoms with Crippen LogP contribution in [0.5, 0.6) is 5.75 Å². The van der Waals surface area contributed by atoms with E-state index in [9.17, 15) is 13.2 Å². The Morgan fingerprint density at radius 2 is 1.97 bits per heavy atom. The fourth-order valence-electron chi connectivity index (χ4n) is 3.50. The zero-order chi connectivity index (χ0) is 20.9. The molecule has 6 nitrogen and oxygen atoms in total. The second-order valence-corrected chi connectivity index (χ2v) is 9.70. The maximum Gasteiger partial charge on any atom is 0.243 e. The SMILES string of the molecule is COc1ccc(S(=O)(=O)N2CCCC[C@@H]2CC(=O)Nc2cccc(SC)c2)cc1. The molecule has 0 saturated carbocycles. The van der Waals surface area contributed by atoms with Crippen molar-refractivity contribution < 1.29 is 17.9 Å². The van der Waals surface area contributed by atoms with Crippen LogP contribution in [0.1, 0.15) is 25.7 Å². The summed E-state index contributed by atoms with van der Waals surface area (Å²) in [5, 5.41) is 2.90. The Morgan fingerprint density at radius 3 is 2.66 bits per heavy atom. The molecule has 1 atom stereocenters. The Labute approximate surface area is 176 Å². The van der Waals surface area contributed by atoms with Crippen molar-refractivity contribution in [3.8, 4) is 5.75 Å². The predicted molar refractivity (Wildman–Crippen MR) is 116 cm³/mol. The topological polar surface area (TPSA) is 75.7 Å². The number of benzene rings is 2. The van der Waals surface area contributed by atoms with E-state index in [2.05, 4.69) is 5.32 Å². The lowest BCUT2D eigenvalue weighted by atomic mass is 10.0. The first-order valence-electron chi connectivity index (χ1n) is 9.54. The molecule has 0 bridgehead atoms. The average Bonchev–Trinajstić information content (AvgIpc) is 2.74. The van der Waals surface area contributed by atoms with E-state index in [0.717, 1.165) is 23.4 Å². The lowest BCUT2D eigenvalue weighted by Gasteiger charge is -2.34. The maximum absolute atomic E-state index is 13.2. The third-order valence-corrected chi connectivity index (χ3v) is 7.71. The van der Waals surface area contributed by atoms with Gasteiger partial charge in [0.15, 0.2) is 0 Å². The molecule has 0 aliphatic carbocycles. The van der Waals surface area contributed by atoms with Gasteiger partial charge in [-0.2, -0.15) is 4.31 Å². The first-order valence-corrected chi connectivity index (χ1v) is 12.2. The maximum atomic E-state index is 13.2. The zero-order valence-corrected chi connectivity index (χ0v) is 18.3. The minimum atomic E-state index is -3.67. The van der Waals surface area contributed by atoms with Gasteiger partial charge in [0.1, 0.15) is 5.75 Å². The monoisotopic (exact) mass is 434 g/mol. The number of anilines is 1. The number of amides is 1. The number of carbonyl (C=O) groups is 1. The molecule has 1 aliphatic heterocycles. The van der Waals surface area contributed by atoms with Gasteiger partial charge in [-0.05, 0) is 61.6 Å². The predicted octanol–water partition coefficient (Wildman–Crippen LogP) is 3.99. The minimum Gasteiger partial charge on any atom is -0.497 e. The molecular weight excluding hydrogens is 408 g/mol. The highest BCUT2D eigenvalue weighted by atomic mass is 32.2. The molecule has 1 heterocycles.